The number of hydrogen-bond donors (Lipinski definition) is 1. The van der Waals surface area contributed by atoms with Crippen molar-refractivity contribution in [3.05, 3.63) is 34.0 Å². The molecule has 28 heavy (non-hydrogen) atoms. The predicted octanol–water partition coefficient (Wildman–Crippen LogP) is 4.82. The molecule has 0 aromatic carbocycles. The Morgan fingerprint density at radius 1 is 1.36 bits per heavy atom. The number of nitriles is 1. The lowest BCUT2D eigenvalue weighted by atomic mass is 9.90. The average Bonchev–Trinajstić information content (AvgIpc) is 3.16. The summed E-state index contributed by atoms with van der Waals surface area (Å²) in [6.07, 6.45) is -0.0779. The van der Waals surface area contributed by atoms with Crippen LogP contribution in [0.25, 0.3) is 0 Å². The van der Waals surface area contributed by atoms with Gasteiger partial charge in [-0.3, -0.25) is 4.79 Å². The molecule has 1 amide bonds. The van der Waals surface area contributed by atoms with E-state index < -0.39 is 17.3 Å². The van der Waals surface area contributed by atoms with Crippen LogP contribution >= 0.6 is 23.1 Å². The normalized spacial score (nSPS) is 13.6. The van der Waals surface area contributed by atoms with Crippen molar-refractivity contribution in [3.63, 3.8) is 0 Å². The standard InChI is InChI=1S/C18H17F3N4OS2/c19-18(20,21)15-11-4-1-2-5-13(11)24-16(12(15)10-22)27-8-3-6-14(26)25-17-23-7-9-28-17/h7,9H,1-6,8H2,(H,23,25,26). The number of fused-ring (bicyclic) bond motifs is 1. The molecule has 0 aliphatic heterocycles. The maximum Gasteiger partial charge on any atom is 0.418 e. The van der Waals surface area contributed by atoms with Gasteiger partial charge in [0.25, 0.3) is 0 Å². The minimum Gasteiger partial charge on any atom is -0.302 e. The molecule has 0 atom stereocenters. The number of halogens is 3. The molecule has 1 aliphatic rings. The molecule has 3 rings (SSSR count). The van der Waals surface area contributed by atoms with E-state index in [9.17, 15) is 23.2 Å². The second-order valence-electron chi connectivity index (χ2n) is 6.25. The molecule has 1 aliphatic carbocycles. The summed E-state index contributed by atoms with van der Waals surface area (Å²) in [6, 6.07) is 1.71. The number of nitrogens with one attached hydrogen (secondary N) is 1. The van der Waals surface area contributed by atoms with Crippen LogP contribution in [0.1, 0.15) is 48.1 Å². The molecule has 1 N–H and O–H groups in total. The summed E-state index contributed by atoms with van der Waals surface area (Å²) in [5.41, 5.74) is -0.613. The number of nitrogens with zero attached hydrogens (tertiary/aromatic N) is 3. The third-order valence-corrected chi connectivity index (χ3v) is 6.05. The zero-order chi connectivity index (χ0) is 20.1. The number of carbonyl (C=O) groups is 1. The van der Waals surface area contributed by atoms with Crippen molar-refractivity contribution >= 4 is 34.1 Å². The van der Waals surface area contributed by atoms with Crippen molar-refractivity contribution in [3.8, 4) is 6.07 Å². The molecule has 0 spiro atoms. The first-order valence-electron chi connectivity index (χ1n) is 8.75. The van der Waals surface area contributed by atoms with Gasteiger partial charge in [-0.2, -0.15) is 18.4 Å². The number of hydrogen-bond acceptors (Lipinski definition) is 6. The Bertz CT molecular complexity index is 892. The molecule has 0 radical (unpaired) electrons. The Labute approximate surface area is 168 Å². The quantitative estimate of drug-likeness (QED) is 0.529. The van der Waals surface area contributed by atoms with Crippen LogP contribution in [-0.2, 0) is 23.8 Å². The van der Waals surface area contributed by atoms with Gasteiger partial charge in [0.05, 0.1) is 11.1 Å². The molecule has 0 bridgehead atoms. The van der Waals surface area contributed by atoms with E-state index in [2.05, 4.69) is 15.3 Å². The topological polar surface area (TPSA) is 78.7 Å². The number of pyridine rings is 1. The van der Waals surface area contributed by atoms with Crippen molar-refractivity contribution < 1.29 is 18.0 Å². The van der Waals surface area contributed by atoms with E-state index in [-0.39, 0.29) is 22.9 Å². The van der Waals surface area contributed by atoms with Gasteiger partial charge in [-0.1, -0.05) is 0 Å². The van der Waals surface area contributed by atoms with Crippen molar-refractivity contribution in [2.45, 2.75) is 49.7 Å². The van der Waals surface area contributed by atoms with Gasteiger partial charge >= 0.3 is 6.18 Å². The Hall–Kier alpha value is -2.12. The molecule has 0 unspecified atom stereocenters. The summed E-state index contributed by atoms with van der Waals surface area (Å²) >= 11 is 2.41. The van der Waals surface area contributed by atoms with E-state index in [0.717, 1.165) is 18.2 Å². The van der Waals surface area contributed by atoms with Gasteiger partial charge in [-0.15, -0.1) is 23.1 Å². The number of alkyl halides is 3. The molecule has 10 heteroatoms. The van der Waals surface area contributed by atoms with Crippen molar-refractivity contribution in [2.24, 2.45) is 0 Å². The zero-order valence-corrected chi connectivity index (χ0v) is 16.4. The lowest BCUT2D eigenvalue weighted by Gasteiger charge is -2.22. The highest BCUT2D eigenvalue weighted by Crippen LogP contribution is 2.41. The van der Waals surface area contributed by atoms with E-state index in [0.29, 0.717) is 42.3 Å². The Balaban J connectivity index is 1.70. The van der Waals surface area contributed by atoms with E-state index in [1.54, 1.807) is 17.6 Å². The first-order valence-corrected chi connectivity index (χ1v) is 10.6. The van der Waals surface area contributed by atoms with Crippen LogP contribution in [0.15, 0.2) is 16.6 Å². The lowest BCUT2D eigenvalue weighted by Crippen LogP contribution is -2.19. The highest BCUT2D eigenvalue weighted by atomic mass is 32.2. The maximum absolute atomic E-state index is 13.6. The first kappa shape index (κ1) is 20.6. The van der Waals surface area contributed by atoms with E-state index in [1.807, 2.05) is 0 Å². The van der Waals surface area contributed by atoms with Crippen LogP contribution in [0.3, 0.4) is 0 Å². The van der Waals surface area contributed by atoms with Crippen molar-refractivity contribution in [1.29, 1.82) is 5.26 Å². The van der Waals surface area contributed by atoms with Gasteiger partial charge < -0.3 is 5.32 Å². The molecule has 0 fully saturated rings. The fraction of sp³-hybridized carbons (Fsp3) is 0.444. The number of rotatable bonds is 6. The summed E-state index contributed by atoms with van der Waals surface area (Å²) in [6.45, 7) is 0. The van der Waals surface area contributed by atoms with Crippen LogP contribution in [0.4, 0.5) is 18.3 Å². The highest BCUT2D eigenvalue weighted by molar-refractivity contribution is 7.99. The number of aromatic nitrogens is 2. The Kier molecular flexibility index (Phi) is 6.57. The fourth-order valence-electron chi connectivity index (χ4n) is 3.11. The second-order valence-corrected chi connectivity index (χ2v) is 8.22. The van der Waals surface area contributed by atoms with Gasteiger partial charge in [-0.25, -0.2) is 9.97 Å². The largest absolute Gasteiger partial charge is 0.418 e. The van der Waals surface area contributed by atoms with E-state index >= 15 is 0 Å². The van der Waals surface area contributed by atoms with Gasteiger partial charge in [0.2, 0.25) is 5.91 Å². The third-order valence-electron chi connectivity index (χ3n) is 4.30. The van der Waals surface area contributed by atoms with Crippen molar-refractivity contribution in [2.75, 3.05) is 11.1 Å². The zero-order valence-electron chi connectivity index (χ0n) is 14.8. The molecule has 2 heterocycles. The number of carbonyl (C=O) groups excluding carboxylic acids is 1. The molecule has 2 aromatic rings. The number of amides is 1. The van der Waals surface area contributed by atoms with Crippen LogP contribution in [0.2, 0.25) is 0 Å². The van der Waals surface area contributed by atoms with Gasteiger partial charge in [0, 0.05) is 29.4 Å². The molecule has 0 saturated heterocycles. The van der Waals surface area contributed by atoms with Crippen molar-refractivity contribution in [1.82, 2.24) is 9.97 Å². The maximum atomic E-state index is 13.6. The average molecular weight is 426 g/mol. The molecular weight excluding hydrogens is 409 g/mol. The second kappa shape index (κ2) is 8.92. The predicted molar refractivity (Wildman–Crippen MR) is 101 cm³/mol. The minimum absolute atomic E-state index is 0.107. The van der Waals surface area contributed by atoms with Gasteiger partial charge in [0.1, 0.15) is 11.1 Å². The summed E-state index contributed by atoms with van der Waals surface area (Å²) in [5, 5.41) is 14.4. The number of thioether (sulfide) groups is 1. The molecule has 2 aromatic heterocycles. The molecular formula is C18H17F3N4OS2. The molecule has 5 nitrogen and oxygen atoms in total. The SMILES string of the molecule is N#Cc1c(SCCCC(=O)Nc2nccs2)nc2c(c1C(F)(F)F)CCCC2. The molecule has 148 valence electrons. The molecule has 0 saturated carbocycles. The highest BCUT2D eigenvalue weighted by Gasteiger charge is 2.39. The van der Waals surface area contributed by atoms with Crippen LogP contribution in [0, 0.1) is 11.3 Å². The van der Waals surface area contributed by atoms with E-state index in [4.69, 9.17) is 0 Å². The monoisotopic (exact) mass is 426 g/mol. The number of anilines is 1. The third kappa shape index (κ3) is 4.83. The summed E-state index contributed by atoms with van der Waals surface area (Å²) in [5.74, 6) is 0.189. The van der Waals surface area contributed by atoms with Crippen LogP contribution in [0.5, 0.6) is 0 Å². The Morgan fingerprint density at radius 2 is 2.14 bits per heavy atom. The summed E-state index contributed by atoms with van der Waals surface area (Å²) < 4.78 is 40.9. The lowest BCUT2D eigenvalue weighted by molar-refractivity contribution is -0.138. The van der Waals surface area contributed by atoms with E-state index in [1.165, 1.54) is 11.3 Å². The summed E-state index contributed by atoms with van der Waals surface area (Å²) in [4.78, 5) is 20.2. The van der Waals surface area contributed by atoms with Crippen LogP contribution in [-0.4, -0.2) is 21.6 Å². The first-order chi connectivity index (χ1) is 13.4. The van der Waals surface area contributed by atoms with Gasteiger partial charge in [-0.05, 0) is 37.7 Å². The Morgan fingerprint density at radius 3 is 2.82 bits per heavy atom. The van der Waals surface area contributed by atoms with Gasteiger partial charge in [0.15, 0.2) is 5.13 Å². The number of aryl methyl sites for hydroxylation is 1. The summed E-state index contributed by atoms with van der Waals surface area (Å²) in [7, 11) is 0. The smallest absolute Gasteiger partial charge is 0.302 e. The number of thiazole rings is 1. The minimum atomic E-state index is -4.58. The fourth-order valence-corrected chi connectivity index (χ4v) is 4.60. The van der Waals surface area contributed by atoms with Crippen LogP contribution < -0.4 is 5.32 Å².